The summed E-state index contributed by atoms with van der Waals surface area (Å²) < 4.78 is 0. The number of aromatic nitrogens is 1. The Hall–Kier alpha value is -0.950. The van der Waals surface area contributed by atoms with Crippen molar-refractivity contribution >= 4 is 40.0 Å². The molecular formula is C11H20N4OS2. The Balaban J connectivity index is 2.60. The van der Waals surface area contributed by atoms with E-state index in [-0.39, 0.29) is 11.9 Å². The quantitative estimate of drug-likeness (QED) is 0.715. The van der Waals surface area contributed by atoms with Crippen LogP contribution >= 0.6 is 23.1 Å². The predicted octanol–water partition coefficient (Wildman–Crippen LogP) is 2.03. The maximum atomic E-state index is 12.0. The van der Waals surface area contributed by atoms with Crippen molar-refractivity contribution in [3.05, 3.63) is 4.88 Å². The fraction of sp³-hybridized carbons (Fsp3) is 0.636. The molecule has 4 N–H and O–H groups in total. The number of nitrogens with two attached hydrogens (primary N) is 1. The summed E-state index contributed by atoms with van der Waals surface area (Å²) in [6, 6.07) is 0.131. The minimum Gasteiger partial charge on any atom is -0.382 e. The zero-order valence-corrected chi connectivity index (χ0v) is 12.6. The molecule has 0 aromatic carbocycles. The van der Waals surface area contributed by atoms with Crippen LogP contribution in [0.15, 0.2) is 0 Å². The van der Waals surface area contributed by atoms with Crippen LogP contribution in [-0.2, 0) is 0 Å². The molecular weight excluding hydrogens is 268 g/mol. The Morgan fingerprint density at radius 2 is 2.28 bits per heavy atom. The normalized spacial score (nSPS) is 12.2. The van der Waals surface area contributed by atoms with E-state index in [0.717, 1.165) is 18.1 Å². The fourth-order valence-corrected chi connectivity index (χ4v) is 2.88. The van der Waals surface area contributed by atoms with Crippen molar-refractivity contribution in [1.29, 1.82) is 0 Å². The first-order chi connectivity index (χ1) is 8.58. The van der Waals surface area contributed by atoms with Gasteiger partial charge in [-0.1, -0.05) is 18.3 Å². The number of carbonyl (C=O) groups excluding carboxylic acids is 1. The second-order valence-corrected chi connectivity index (χ2v) is 6.12. The molecule has 0 spiro atoms. The third kappa shape index (κ3) is 4.38. The van der Waals surface area contributed by atoms with E-state index in [0.29, 0.717) is 15.8 Å². The minimum absolute atomic E-state index is 0.131. The van der Waals surface area contributed by atoms with Gasteiger partial charge in [0.15, 0.2) is 5.13 Å². The monoisotopic (exact) mass is 288 g/mol. The molecule has 1 aromatic heterocycles. The molecule has 7 heteroatoms. The van der Waals surface area contributed by atoms with Crippen LogP contribution in [0.5, 0.6) is 0 Å². The molecule has 0 saturated heterocycles. The Morgan fingerprint density at radius 3 is 2.89 bits per heavy atom. The topological polar surface area (TPSA) is 80.0 Å². The summed E-state index contributed by atoms with van der Waals surface area (Å²) in [6.07, 6.45) is 0. The molecule has 102 valence electrons. The maximum absolute atomic E-state index is 12.0. The highest BCUT2D eigenvalue weighted by Gasteiger charge is 2.17. The third-order valence-electron chi connectivity index (χ3n) is 2.14. The zero-order chi connectivity index (χ0) is 13.5. The molecule has 1 aromatic rings. The number of thioether (sulfide) groups is 1. The van der Waals surface area contributed by atoms with Gasteiger partial charge in [-0.2, -0.15) is 11.8 Å². The van der Waals surface area contributed by atoms with Crippen molar-refractivity contribution in [2.24, 2.45) is 0 Å². The van der Waals surface area contributed by atoms with Crippen LogP contribution in [-0.4, -0.2) is 35.0 Å². The number of hydrogen-bond donors (Lipinski definition) is 3. The summed E-state index contributed by atoms with van der Waals surface area (Å²) in [6.45, 7) is 6.82. The molecule has 1 unspecified atom stereocenters. The lowest BCUT2D eigenvalue weighted by Crippen LogP contribution is -2.34. The van der Waals surface area contributed by atoms with Gasteiger partial charge in [0.05, 0.1) is 0 Å². The van der Waals surface area contributed by atoms with Crippen molar-refractivity contribution in [3.63, 3.8) is 0 Å². The van der Waals surface area contributed by atoms with Gasteiger partial charge in [0, 0.05) is 18.3 Å². The zero-order valence-electron chi connectivity index (χ0n) is 10.9. The molecule has 0 fully saturated rings. The lowest BCUT2D eigenvalue weighted by molar-refractivity contribution is 0.0948. The number of nitrogens with zero attached hydrogens (tertiary/aromatic N) is 1. The molecule has 1 heterocycles. The van der Waals surface area contributed by atoms with Gasteiger partial charge in [-0.05, 0) is 19.6 Å². The number of rotatable bonds is 7. The van der Waals surface area contributed by atoms with E-state index in [1.165, 1.54) is 11.3 Å². The summed E-state index contributed by atoms with van der Waals surface area (Å²) in [5.41, 5.74) is 5.74. The Labute approximate surface area is 116 Å². The fourth-order valence-electron chi connectivity index (χ4n) is 1.35. The molecule has 0 radical (unpaired) electrons. The maximum Gasteiger partial charge on any atom is 0.265 e. The number of amides is 1. The van der Waals surface area contributed by atoms with E-state index < -0.39 is 0 Å². The Kier molecular flexibility index (Phi) is 6.28. The average Bonchev–Trinajstić information content (AvgIpc) is 2.68. The number of anilines is 2. The second kappa shape index (κ2) is 7.48. The summed E-state index contributed by atoms with van der Waals surface area (Å²) in [5.74, 6) is 2.11. The lowest BCUT2D eigenvalue weighted by atomic mass is 10.3. The minimum atomic E-state index is -0.140. The largest absolute Gasteiger partial charge is 0.382 e. The highest BCUT2D eigenvalue weighted by molar-refractivity contribution is 7.99. The van der Waals surface area contributed by atoms with Gasteiger partial charge in [-0.15, -0.1) is 0 Å². The first-order valence-corrected chi connectivity index (χ1v) is 7.94. The summed E-state index contributed by atoms with van der Waals surface area (Å²) in [5, 5.41) is 6.68. The first-order valence-electron chi connectivity index (χ1n) is 5.97. The number of carbonyl (C=O) groups is 1. The van der Waals surface area contributed by atoms with Crippen molar-refractivity contribution in [2.75, 3.05) is 29.1 Å². The van der Waals surface area contributed by atoms with Gasteiger partial charge in [-0.3, -0.25) is 4.79 Å². The number of nitrogen functional groups attached to an aromatic ring is 1. The van der Waals surface area contributed by atoms with Crippen LogP contribution in [0.4, 0.5) is 10.9 Å². The number of thiazole rings is 1. The van der Waals surface area contributed by atoms with Crippen molar-refractivity contribution in [1.82, 2.24) is 10.3 Å². The van der Waals surface area contributed by atoms with E-state index in [2.05, 4.69) is 22.5 Å². The van der Waals surface area contributed by atoms with E-state index in [1.807, 2.05) is 13.8 Å². The summed E-state index contributed by atoms with van der Waals surface area (Å²) in [7, 11) is 0. The van der Waals surface area contributed by atoms with Crippen LogP contribution in [0, 0.1) is 0 Å². The van der Waals surface area contributed by atoms with Crippen LogP contribution in [0.3, 0.4) is 0 Å². The molecule has 0 aliphatic carbocycles. The van der Waals surface area contributed by atoms with E-state index in [4.69, 9.17) is 5.73 Å². The van der Waals surface area contributed by atoms with Crippen LogP contribution in [0.25, 0.3) is 0 Å². The highest BCUT2D eigenvalue weighted by Crippen LogP contribution is 2.24. The van der Waals surface area contributed by atoms with Crippen LogP contribution < -0.4 is 16.4 Å². The van der Waals surface area contributed by atoms with Gasteiger partial charge in [0.2, 0.25) is 0 Å². The molecule has 0 bridgehead atoms. The van der Waals surface area contributed by atoms with Gasteiger partial charge >= 0.3 is 0 Å². The van der Waals surface area contributed by atoms with Gasteiger partial charge in [-0.25, -0.2) is 4.98 Å². The number of nitrogens with one attached hydrogen (secondary N) is 2. The molecule has 1 atom stereocenters. The van der Waals surface area contributed by atoms with Gasteiger partial charge in [0.1, 0.15) is 10.7 Å². The van der Waals surface area contributed by atoms with Gasteiger partial charge < -0.3 is 16.4 Å². The van der Waals surface area contributed by atoms with E-state index >= 15 is 0 Å². The van der Waals surface area contributed by atoms with E-state index in [9.17, 15) is 4.79 Å². The second-order valence-electron chi connectivity index (χ2n) is 3.80. The van der Waals surface area contributed by atoms with Crippen molar-refractivity contribution < 1.29 is 4.79 Å². The Bertz CT molecular complexity index is 394. The highest BCUT2D eigenvalue weighted by atomic mass is 32.2. The number of hydrogen-bond acceptors (Lipinski definition) is 6. The van der Waals surface area contributed by atoms with Crippen molar-refractivity contribution in [2.45, 2.75) is 26.8 Å². The Morgan fingerprint density at radius 1 is 1.56 bits per heavy atom. The molecule has 0 saturated carbocycles. The molecule has 0 aliphatic heterocycles. The summed E-state index contributed by atoms with van der Waals surface area (Å²) >= 11 is 3.09. The third-order valence-corrected chi connectivity index (χ3v) is 4.31. The lowest BCUT2D eigenvalue weighted by Gasteiger charge is -2.12. The van der Waals surface area contributed by atoms with E-state index in [1.54, 1.807) is 11.8 Å². The molecule has 5 nitrogen and oxygen atoms in total. The molecule has 1 rings (SSSR count). The van der Waals surface area contributed by atoms with Crippen LogP contribution in [0.2, 0.25) is 0 Å². The standard InChI is InChI=1S/C11H20N4OS2/c1-4-13-11-15-9(12)8(18-11)10(16)14-7(3)6-17-5-2/h7H,4-6,12H2,1-3H3,(H,13,15)(H,14,16). The molecule has 18 heavy (non-hydrogen) atoms. The smallest absolute Gasteiger partial charge is 0.265 e. The van der Waals surface area contributed by atoms with Gasteiger partial charge in [0.25, 0.3) is 5.91 Å². The molecule has 0 aliphatic rings. The van der Waals surface area contributed by atoms with Crippen molar-refractivity contribution in [3.8, 4) is 0 Å². The molecule has 1 amide bonds. The predicted molar refractivity (Wildman–Crippen MR) is 80.6 cm³/mol. The first kappa shape index (κ1) is 15.1. The summed E-state index contributed by atoms with van der Waals surface area (Å²) in [4.78, 5) is 16.6. The van der Waals surface area contributed by atoms with Crippen LogP contribution in [0.1, 0.15) is 30.4 Å². The average molecular weight is 288 g/mol. The SMILES string of the molecule is CCNc1nc(N)c(C(=O)NC(C)CSCC)s1.